The van der Waals surface area contributed by atoms with E-state index in [1.807, 2.05) is 20.8 Å². The fraction of sp³-hybridized carbons (Fsp3) is 0.692. The van der Waals surface area contributed by atoms with Crippen LogP contribution in [0.5, 0.6) is 0 Å². The molecule has 0 saturated carbocycles. The first-order valence-corrected chi connectivity index (χ1v) is 6.20. The molecule has 5 heteroatoms. The molecule has 0 radical (unpaired) electrons. The highest BCUT2D eigenvalue weighted by Gasteiger charge is 2.12. The molecule has 0 saturated heterocycles. The number of amides is 1. The van der Waals surface area contributed by atoms with Gasteiger partial charge < -0.3 is 15.4 Å². The number of hydrogen-bond donors (Lipinski definition) is 2. The monoisotopic (exact) mass is 256 g/mol. The Morgan fingerprint density at radius 1 is 1.28 bits per heavy atom. The normalized spacial score (nSPS) is 11.6. The number of carbonyl (C=O) groups excluding carboxylic acids is 2. The first kappa shape index (κ1) is 16.6. The third-order valence-corrected chi connectivity index (χ3v) is 1.85. The number of nitrogens with one attached hydrogen (secondary N) is 2. The Kier molecular flexibility index (Phi) is 8.03. The smallest absolute Gasteiger partial charge is 0.330 e. The quantitative estimate of drug-likeness (QED) is 0.405. The Bertz CT molecular complexity index is 293. The van der Waals surface area contributed by atoms with E-state index in [1.165, 1.54) is 6.08 Å². The Balaban J connectivity index is 3.57. The highest BCUT2D eigenvalue weighted by molar-refractivity contribution is 5.81. The highest BCUT2D eigenvalue weighted by atomic mass is 16.5. The van der Waals surface area contributed by atoms with Crippen LogP contribution in [0.4, 0.5) is 0 Å². The number of carbonyl (C=O) groups is 2. The molecule has 0 rings (SSSR count). The SMILES string of the molecule is CCOC(=O)/C=C/CNCCC(=O)NC(C)(C)C. The zero-order chi connectivity index (χ0) is 14.0. The fourth-order valence-corrected chi connectivity index (χ4v) is 1.21. The van der Waals surface area contributed by atoms with Gasteiger partial charge >= 0.3 is 5.97 Å². The Morgan fingerprint density at radius 2 is 1.94 bits per heavy atom. The Hall–Kier alpha value is -1.36. The van der Waals surface area contributed by atoms with Crippen LogP contribution in [0.2, 0.25) is 0 Å². The van der Waals surface area contributed by atoms with Gasteiger partial charge in [-0.2, -0.15) is 0 Å². The topological polar surface area (TPSA) is 67.4 Å². The van der Waals surface area contributed by atoms with Crippen LogP contribution in [-0.4, -0.2) is 37.1 Å². The van der Waals surface area contributed by atoms with Crippen LogP contribution in [0, 0.1) is 0 Å². The average Bonchev–Trinajstić information content (AvgIpc) is 2.21. The van der Waals surface area contributed by atoms with Crippen LogP contribution in [0.15, 0.2) is 12.2 Å². The third kappa shape index (κ3) is 11.1. The van der Waals surface area contributed by atoms with Crippen molar-refractivity contribution in [3.8, 4) is 0 Å². The van der Waals surface area contributed by atoms with Gasteiger partial charge in [-0.1, -0.05) is 6.08 Å². The predicted octanol–water partition coefficient (Wildman–Crippen LogP) is 1.00. The van der Waals surface area contributed by atoms with Crippen molar-refractivity contribution in [3.05, 3.63) is 12.2 Å². The maximum absolute atomic E-state index is 11.4. The van der Waals surface area contributed by atoms with Crippen molar-refractivity contribution >= 4 is 11.9 Å². The fourth-order valence-electron chi connectivity index (χ4n) is 1.21. The third-order valence-electron chi connectivity index (χ3n) is 1.85. The summed E-state index contributed by atoms with van der Waals surface area (Å²) in [5.74, 6) is -0.325. The Morgan fingerprint density at radius 3 is 2.50 bits per heavy atom. The number of rotatable bonds is 7. The lowest BCUT2D eigenvalue weighted by atomic mass is 10.1. The van der Waals surface area contributed by atoms with Crippen molar-refractivity contribution in [1.82, 2.24) is 10.6 Å². The van der Waals surface area contributed by atoms with E-state index in [9.17, 15) is 9.59 Å². The molecule has 0 unspecified atom stereocenters. The molecule has 0 aromatic rings. The van der Waals surface area contributed by atoms with E-state index >= 15 is 0 Å². The molecule has 0 aliphatic carbocycles. The average molecular weight is 256 g/mol. The molecule has 0 aliphatic heterocycles. The van der Waals surface area contributed by atoms with Crippen LogP contribution in [0.3, 0.4) is 0 Å². The van der Waals surface area contributed by atoms with Crippen LogP contribution in [0.1, 0.15) is 34.1 Å². The molecule has 2 N–H and O–H groups in total. The molecule has 0 aromatic carbocycles. The van der Waals surface area contributed by atoms with Crippen molar-refractivity contribution in [2.45, 2.75) is 39.7 Å². The van der Waals surface area contributed by atoms with Crippen LogP contribution in [-0.2, 0) is 14.3 Å². The molecule has 0 bridgehead atoms. The standard InChI is InChI=1S/C13H24N2O3/c1-5-18-12(17)7-6-9-14-10-8-11(16)15-13(2,3)4/h6-7,14H,5,8-10H2,1-4H3,(H,15,16)/b7-6+. The van der Waals surface area contributed by atoms with E-state index < -0.39 is 0 Å². The second-order valence-electron chi connectivity index (χ2n) is 4.91. The lowest BCUT2D eigenvalue weighted by Crippen LogP contribution is -2.41. The van der Waals surface area contributed by atoms with Crippen molar-refractivity contribution in [3.63, 3.8) is 0 Å². The van der Waals surface area contributed by atoms with E-state index in [0.29, 0.717) is 26.1 Å². The second kappa shape index (κ2) is 8.69. The van der Waals surface area contributed by atoms with Crippen LogP contribution in [0.25, 0.3) is 0 Å². The lowest BCUT2D eigenvalue weighted by molar-refractivity contribution is -0.137. The minimum atomic E-state index is -0.343. The molecule has 1 amide bonds. The predicted molar refractivity (Wildman–Crippen MR) is 71.2 cm³/mol. The minimum absolute atomic E-state index is 0.0179. The van der Waals surface area contributed by atoms with Gasteiger partial charge in [-0.05, 0) is 27.7 Å². The summed E-state index contributed by atoms with van der Waals surface area (Å²) in [5.41, 5.74) is -0.194. The maximum atomic E-state index is 11.4. The van der Waals surface area contributed by atoms with Crippen LogP contribution >= 0.6 is 0 Å². The van der Waals surface area contributed by atoms with Gasteiger partial charge in [-0.25, -0.2) is 4.79 Å². The summed E-state index contributed by atoms with van der Waals surface area (Å²) in [5, 5.41) is 5.92. The maximum Gasteiger partial charge on any atom is 0.330 e. The first-order valence-electron chi connectivity index (χ1n) is 6.20. The van der Waals surface area contributed by atoms with Gasteiger partial charge in [0.2, 0.25) is 5.91 Å². The molecule has 0 fully saturated rings. The first-order chi connectivity index (χ1) is 8.35. The van der Waals surface area contributed by atoms with Crippen molar-refractivity contribution in [2.24, 2.45) is 0 Å². The van der Waals surface area contributed by atoms with E-state index in [4.69, 9.17) is 4.74 Å². The molecule has 0 atom stereocenters. The molecular weight excluding hydrogens is 232 g/mol. The molecular formula is C13H24N2O3. The van der Waals surface area contributed by atoms with Gasteiger partial charge in [0.1, 0.15) is 0 Å². The molecule has 0 aliphatic rings. The molecule has 18 heavy (non-hydrogen) atoms. The van der Waals surface area contributed by atoms with Crippen molar-refractivity contribution < 1.29 is 14.3 Å². The Labute approximate surface area is 109 Å². The highest BCUT2D eigenvalue weighted by Crippen LogP contribution is 1.98. The van der Waals surface area contributed by atoms with Crippen LogP contribution < -0.4 is 10.6 Å². The van der Waals surface area contributed by atoms with Gasteiger partial charge in [0, 0.05) is 31.1 Å². The molecule has 104 valence electrons. The molecule has 0 aromatic heterocycles. The zero-order valence-electron chi connectivity index (χ0n) is 11.7. The number of hydrogen-bond acceptors (Lipinski definition) is 4. The van der Waals surface area contributed by atoms with E-state index in [0.717, 1.165) is 0 Å². The van der Waals surface area contributed by atoms with E-state index in [2.05, 4.69) is 10.6 Å². The van der Waals surface area contributed by atoms with E-state index in [1.54, 1.807) is 13.0 Å². The number of ether oxygens (including phenoxy) is 1. The van der Waals surface area contributed by atoms with Gasteiger partial charge in [-0.3, -0.25) is 4.79 Å². The molecule has 5 nitrogen and oxygen atoms in total. The summed E-state index contributed by atoms with van der Waals surface area (Å²) in [7, 11) is 0. The van der Waals surface area contributed by atoms with Crippen molar-refractivity contribution in [1.29, 1.82) is 0 Å². The summed E-state index contributed by atoms with van der Waals surface area (Å²) in [6.07, 6.45) is 3.48. The molecule has 0 heterocycles. The van der Waals surface area contributed by atoms with Gasteiger partial charge in [0.05, 0.1) is 6.61 Å². The zero-order valence-corrected chi connectivity index (χ0v) is 11.7. The second-order valence-corrected chi connectivity index (χ2v) is 4.91. The van der Waals surface area contributed by atoms with Crippen molar-refractivity contribution in [2.75, 3.05) is 19.7 Å². The lowest BCUT2D eigenvalue weighted by Gasteiger charge is -2.20. The largest absolute Gasteiger partial charge is 0.463 e. The van der Waals surface area contributed by atoms with E-state index in [-0.39, 0.29) is 17.4 Å². The van der Waals surface area contributed by atoms with Gasteiger partial charge in [-0.15, -0.1) is 0 Å². The summed E-state index contributed by atoms with van der Waals surface area (Å²) < 4.78 is 4.72. The summed E-state index contributed by atoms with van der Waals surface area (Å²) >= 11 is 0. The summed E-state index contributed by atoms with van der Waals surface area (Å²) in [6.45, 7) is 9.10. The minimum Gasteiger partial charge on any atom is -0.463 e. The van der Waals surface area contributed by atoms with Gasteiger partial charge in [0.15, 0.2) is 0 Å². The summed E-state index contributed by atoms with van der Waals surface area (Å²) in [4.78, 5) is 22.4. The number of esters is 1. The molecule has 0 spiro atoms. The summed E-state index contributed by atoms with van der Waals surface area (Å²) in [6, 6.07) is 0. The van der Waals surface area contributed by atoms with Gasteiger partial charge in [0.25, 0.3) is 0 Å².